The van der Waals surface area contributed by atoms with Crippen molar-refractivity contribution in [2.24, 2.45) is 0 Å². The molecule has 9 nitrogen and oxygen atoms in total. The summed E-state index contributed by atoms with van der Waals surface area (Å²) in [5, 5.41) is 12.6. The van der Waals surface area contributed by atoms with Gasteiger partial charge in [-0.2, -0.15) is 0 Å². The van der Waals surface area contributed by atoms with Gasteiger partial charge in [0.1, 0.15) is 12.7 Å². The molecule has 0 saturated carbocycles. The van der Waals surface area contributed by atoms with Crippen molar-refractivity contribution in [1.82, 2.24) is 5.32 Å². The summed E-state index contributed by atoms with van der Waals surface area (Å²) in [6, 6.07) is 0. The average molecular weight is 710 g/mol. The van der Waals surface area contributed by atoms with Gasteiger partial charge in [-0.1, -0.05) is 132 Å². The van der Waals surface area contributed by atoms with Gasteiger partial charge in [0, 0.05) is 19.4 Å². The Morgan fingerprint density at radius 1 is 0.653 bits per heavy atom. The number of esters is 1. The molecule has 0 aromatic heterocycles. The van der Waals surface area contributed by atoms with Gasteiger partial charge < -0.3 is 20.1 Å². The molecule has 0 fully saturated rings. The standard InChI is InChI=1S/C39H68NO8P/c1-3-5-7-9-11-12-13-14-15-16-17-18-19-20-21-22-23-24-26-28-30-32-39(43)46-35-37(41)36-48-49(44,45)47-34-33-40-38(42)31-29-27-25-10-8-6-4-2/h5,7,11-12,14-15,17-18,20-21,37,41H,3-4,6,8-10,13,16,19,22-36H2,1-2H3,(H,40,42)(H,44,45)/b7-5-,12-11-,15-14-,18-17-,21-20-. The van der Waals surface area contributed by atoms with Crippen LogP contribution >= 0.6 is 7.82 Å². The Balaban J connectivity index is 3.68. The lowest BCUT2D eigenvalue weighted by Gasteiger charge is -2.15. The number of rotatable bonds is 34. The van der Waals surface area contributed by atoms with Crippen LogP contribution in [-0.2, 0) is 27.9 Å². The van der Waals surface area contributed by atoms with Crippen LogP contribution in [0.5, 0.6) is 0 Å². The lowest BCUT2D eigenvalue weighted by atomic mass is 10.1. The fourth-order valence-corrected chi connectivity index (χ4v) is 5.40. The third kappa shape index (κ3) is 36.8. The maximum absolute atomic E-state index is 12.0. The van der Waals surface area contributed by atoms with E-state index in [4.69, 9.17) is 13.8 Å². The number of hydrogen-bond acceptors (Lipinski definition) is 7. The maximum atomic E-state index is 12.0. The molecule has 0 radical (unpaired) electrons. The molecule has 49 heavy (non-hydrogen) atoms. The van der Waals surface area contributed by atoms with E-state index >= 15 is 0 Å². The number of ether oxygens (including phenoxy) is 1. The van der Waals surface area contributed by atoms with E-state index in [0.29, 0.717) is 12.8 Å². The van der Waals surface area contributed by atoms with Crippen molar-refractivity contribution >= 4 is 19.7 Å². The Morgan fingerprint density at radius 2 is 1.16 bits per heavy atom. The van der Waals surface area contributed by atoms with Crippen molar-refractivity contribution in [3.05, 3.63) is 60.8 Å². The number of nitrogens with one attached hydrogen (secondary N) is 1. The number of carbonyl (C=O) groups is 2. The van der Waals surface area contributed by atoms with Crippen LogP contribution in [0.25, 0.3) is 0 Å². The van der Waals surface area contributed by atoms with Crippen molar-refractivity contribution < 1.29 is 37.9 Å². The lowest BCUT2D eigenvalue weighted by Crippen LogP contribution is -2.27. The summed E-state index contributed by atoms with van der Waals surface area (Å²) in [4.78, 5) is 33.6. The number of phosphoric ester groups is 1. The SMILES string of the molecule is CC/C=C\C/C=C\C/C=C\C/C=C\C/C=C\CCCCCCCC(=O)OCC(O)COP(=O)(O)OCCNC(=O)CCCCCCCCC. The predicted molar refractivity (Wildman–Crippen MR) is 201 cm³/mol. The van der Waals surface area contributed by atoms with E-state index in [2.05, 4.69) is 79.9 Å². The molecule has 0 aromatic carbocycles. The molecule has 0 aromatic rings. The van der Waals surface area contributed by atoms with E-state index in [0.717, 1.165) is 83.5 Å². The summed E-state index contributed by atoms with van der Waals surface area (Å²) in [6.07, 6.45) is 40.2. The van der Waals surface area contributed by atoms with Crippen molar-refractivity contribution in [3.8, 4) is 0 Å². The number of aliphatic hydroxyl groups is 1. The van der Waals surface area contributed by atoms with Gasteiger partial charge in [0.25, 0.3) is 0 Å². The van der Waals surface area contributed by atoms with Crippen molar-refractivity contribution in [2.45, 2.75) is 148 Å². The molecule has 0 aliphatic carbocycles. The quantitative estimate of drug-likeness (QED) is 0.0261. The van der Waals surface area contributed by atoms with Gasteiger partial charge in [-0.15, -0.1) is 0 Å². The summed E-state index contributed by atoms with van der Waals surface area (Å²) in [5.74, 6) is -0.547. The molecule has 0 rings (SSSR count). The van der Waals surface area contributed by atoms with Crippen LogP contribution in [0.3, 0.4) is 0 Å². The first-order valence-electron chi connectivity index (χ1n) is 18.8. The maximum Gasteiger partial charge on any atom is 0.472 e. The molecule has 0 saturated heterocycles. The Kier molecular flexibility index (Phi) is 33.9. The highest BCUT2D eigenvalue weighted by Gasteiger charge is 2.23. The highest BCUT2D eigenvalue weighted by atomic mass is 31.2. The highest BCUT2D eigenvalue weighted by molar-refractivity contribution is 7.47. The molecule has 282 valence electrons. The minimum absolute atomic E-state index is 0.0771. The Bertz CT molecular complexity index is 992. The van der Waals surface area contributed by atoms with Crippen LogP contribution < -0.4 is 5.32 Å². The summed E-state index contributed by atoms with van der Waals surface area (Å²) in [5.41, 5.74) is 0. The molecule has 0 heterocycles. The van der Waals surface area contributed by atoms with E-state index in [9.17, 15) is 24.2 Å². The van der Waals surface area contributed by atoms with E-state index in [1.807, 2.05) is 0 Å². The molecule has 1 amide bonds. The lowest BCUT2D eigenvalue weighted by molar-refractivity contribution is -0.147. The van der Waals surface area contributed by atoms with Gasteiger partial charge in [-0.05, 0) is 57.8 Å². The van der Waals surface area contributed by atoms with Crippen molar-refractivity contribution in [1.29, 1.82) is 0 Å². The fraction of sp³-hybridized carbons (Fsp3) is 0.692. The number of phosphoric acid groups is 1. The zero-order valence-electron chi connectivity index (χ0n) is 30.6. The summed E-state index contributed by atoms with van der Waals surface area (Å²) >= 11 is 0. The third-order valence-electron chi connectivity index (χ3n) is 7.46. The largest absolute Gasteiger partial charge is 0.472 e. The van der Waals surface area contributed by atoms with Crippen LogP contribution in [0, 0.1) is 0 Å². The summed E-state index contributed by atoms with van der Waals surface area (Å²) in [7, 11) is -4.41. The highest BCUT2D eigenvalue weighted by Crippen LogP contribution is 2.42. The molecule has 0 aliphatic heterocycles. The molecule has 0 bridgehead atoms. The Hall–Kier alpha value is -2.29. The zero-order valence-corrected chi connectivity index (χ0v) is 31.5. The second-order valence-corrected chi connectivity index (χ2v) is 13.6. The molecule has 3 N–H and O–H groups in total. The monoisotopic (exact) mass is 709 g/mol. The first kappa shape index (κ1) is 46.7. The molecule has 2 atom stereocenters. The second-order valence-electron chi connectivity index (χ2n) is 12.2. The number of hydrogen-bond donors (Lipinski definition) is 3. The van der Waals surface area contributed by atoms with Gasteiger partial charge in [0.15, 0.2) is 0 Å². The van der Waals surface area contributed by atoms with Gasteiger partial charge in [0.05, 0.1) is 13.2 Å². The van der Waals surface area contributed by atoms with Crippen LogP contribution in [0.1, 0.15) is 142 Å². The Labute approximate surface area is 298 Å². The van der Waals surface area contributed by atoms with Gasteiger partial charge in [-0.3, -0.25) is 18.6 Å². The summed E-state index contributed by atoms with van der Waals surface area (Å²) < 4.78 is 26.7. The fourth-order valence-electron chi connectivity index (χ4n) is 4.64. The van der Waals surface area contributed by atoms with E-state index in [1.165, 1.54) is 25.7 Å². The first-order valence-corrected chi connectivity index (χ1v) is 20.3. The minimum atomic E-state index is -4.41. The first-order chi connectivity index (χ1) is 23.8. The van der Waals surface area contributed by atoms with Crippen molar-refractivity contribution in [3.63, 3.8) is 0 Å². The van der Waals surface area contributed by atoms with Crippen LogP contribution in [0.2, 0.25) is 0 Å². The van der Waals surface area contributed by atoms with Gasteiger partial charge in [-0.25, -0.2) is 4.57 Å². The van der Waals surface area contributed by atoms with Gasteiger partial charge in [0.2, 0.25) is 5.91 Å². The molecule has 0 spiro atoms. The number of amides is 1. The number of carbonyl (C=O) groups excluding carboxylic acids is 2. The van der Waals surface area contributed by atoms with Crippen molar-refractivity contribution in [2.75, 3.05) is 26.4 Å². The van der Waals surface area contributed by atoms with E-state index in [-0.39, 0.29) is 32.1 Å². The normalized spacial score (nSPS) is 14.1. The summed E-state index contributed by atoms with van der Waals surface area (Å²) in [6.45, 7) is 3.34. The molecule has 0 aliphatic rings. The average Bonchev–Trinajstić information content (AvgIpc) is 3.08. The van der Waals surface area contributed by atoms with Crippen LogP contribution in [0.4, 0.5) is 0 Å². The van der Waals surface area contributed by atoms with E-state index < -0.39 is 26.5 Å². The molecule has 2 unspecified atom stereocenters. The number of aliphatic hydroxyl groups excluding tert-OH is 1. The molecular formula is C39H68NO8P. The number of allylic oxidation sites excluding steroid dienone is 10. The van der Waals surface area contributed by atoms with Crippen LogP contribution in [-0.4, -0.2) is 54.3 Å². The third-order valence-corrected chi connectivity index (χ3v) is 8.45. The minimum Gasteiger partial charge on any atom is -0.463 e. The van der Waals surface area contributed by atoms with E-state index in [1.54, 1.807) is 0 Å². The number of unbranched alkanes of at least 4 members (excludes halogenated alkanes) is 11. The Morgan fingerprint density at radius 3 is 1.76 bits per heavy atom. The molecule has 10 heteroatoms. The topological polar surface area (TPSA) is 131 Å². The zero-order chi connectivity index (χ0) is 36.1. The van der Waals surface area contributed by atoms with Crippen LogP contribution in [0.15, 0.2) is 60.8 Å². The molecular weight excluding hydrogens is 641 g/mol. The smallest absolute Gasteiger partial charge is 0.463 e. The predicted octanol–water partition coefficient (Wildman–Crippen LogP) is 9.76. The van der Waals surface area contributed by atoms with Gasteiger partial charge >= 0.3 is 13.8 Å². The second kappa shape index (κ2) is 35.5.